The minimum absolute atomic E-state index is 0.384. The molecule has 3 nitrogen and oxygen atoms in total. The zero-order valence-electron chi connectivity index (χ0n) is 7.88. The van der Waals surface area contributed by atoms with E-state index in [1.807, 2.05) is 12.3 Å². The molecule has 0 saturated carbocycles. The van der Waals surface area contributed by atoms with Crippen molar-refractivity contribution in [2.24, 2.45) is 0 Å². The van der Waals surface area contributed by atoms with Crippen LogP contribution in [0.2, 0.25) is 0 Å². The molecule has 0 amide bonds. The van der Waals surface area contributed by atoms with Crippen LogP contribution in [0.4, 0.5) is 0 Å². The summed E-state index contributed by atoms with van der Waals surface area (Å²) in [7, 11) is 0. The fraction of sp³-hybridized carbons (Fsp3) is 0.500. The Morgan fingerprint density at radius 1 is 1.46 bits per heavy atom. The molecule has 0 radical (unpaired) electrons. The highest BCUT2D eigenvalue weighted by atomic mass is 15.1. The molecule has 1 aliphatic rings. The van der Waals surface area contributed by atoms with E-state index in [2.05, 4.69) is 28.6 Å². The Kier molecular flexibility index (Phi) is 2.57. The number of hydrogen-bond donors (Lipinski definition) is 2. The molecule has 0 aliphatic carbocycles. The van der Waals surface area contributed by atoms with Gasteiger partial charge in [-0.05, 0) is 18.6 Å². The fourth-order valence-electron chi connectivity index (χ4n) is 1.71. The first-order chi connectivity index (χ1) is 6.38. The van der Waals surface area contributed by atoms with Gasteiger partial charge in [-0.3, -0.25) is 4.98 Å². The van der Waals surface area contributed by atoms with Gasteiger partial charge in [-0.2, -0.15) is 0 Å². The van der Waals surface area contributed by atoms with Crippen molar-refractivity contribution < 1.29 is 0 Å². The van der Waals surface area contributed by atoms with E-state index in [4.69, 9.17) is 0 Å². The normalized spacial score (nSPS) is 23.0. The molecule has 3 heteroatoms. The molecule has 13 heavy (non-hydrogen) atoms. The summed E-state index contributed by atoms with van der Waals surface area (Å²) in [6.07, 6.45) is 1.86. The molecule has 1 unspecified atom stereocenters. The van der Waals surface area contributed by atoms with Crippen molar-refractivity contribution in [1.29, 1.82) is 0 Å². The lowest BCUT2D eigenvalue weighted by Crippen LogP contribution is -2.43. The average Bonchev–Trinajstić information content (AvgIpc) is 2.20. The lowest BCUT2D eigenvalue weighted by molar-refractivity contribution is 0.422. The summed E-state index contributed by atoms with van der Waals surface area (Å²) in [6.45, 7) is 5.18. The van der Waals surface area contributed by atoms with Gasteiger partial charge in [-0.1, -0.05) is 6.07 Å². The lowest BCUT2D eigenvalue weighted by atomic mass is 10.1. The first kappa shape index (κ1) is 8.66. The predicted octanol–water partition coefficient (Wildman–Crippen LogP) is 0.624. The number of nitrogens with one attached hydrogen (secondary N) is 2. The Morgan fingerprint density at radius 2 is 2.38 bits per heavy atom. The maximum Gasteiger partial charge on any atom is 0.0624 e. The van der Waals surface area contributed by atoms with Crippen molar-refractivity contribution in [2.45, 2.75) is 13.0 Å². The lowest BCUT2D eigenvalue weighted by Gasteiger charge is -2.24. The number of rotatable bonds is 1. The molecule has 1 aromatic rings. The fourth-order valence-corrected chi connectivity index (χ4v) is 1.71. The molecule has 2 heterocycles. The maximum atomic E-state index is 4.40. The van der Waals surface area contributed by atoms with E-state index in [0.29, 0.717) is 6.04 Å². The van der Waals surface area contributed by atoms with Crippen molar-refractivity contribution in [3.8, 4) is 0 Å². The molecule has 1 aliphatic heterocycles. The first-order valence-corrected chi connectivity index (χ1v) is 4.73. The van der Waals surface area contributed by atoms with Crippen LogP contribution in [0, 0.1) is 6.92 Å². The van der Waals surface area contributed by atoms with Crippen LogP contribution in [-0.2, 0) is 0 Å². The summed E-state index contributed by atoms with van der Waals surface area (Å²) in [5, 5.41) is 6.81. The molecular weight excluding hydrogens is 162 g/mol. The van der Waals surface area contributed by atoms with E-state index in [-0.39, 0.29) is 0 Å². The summed E-state index contributed by atoms with van der Waals surface area (Å²) in [4.78, 5) is 4.40. The van der Waals surface area contributed by atoms with Gasteiger partial charge in [-0.15, -0.1) is 0 Å². The van der Waals surface area contributed by atoms with Crippen molar-refractivity contribution in [2.75, 3.05) is 19.6 Å². The highest BCUT2D eigenvalue weighted by molar-refractivity contribution is 5.21. The van der Waals surface area contributed by atoms with Crippen LogP contribution in [0.5, 0.6) is 0 Å². The summed E-state index contributed by atoms with van der Waals surface area (Å²) in [5.74, 6) is 0. The average molecular weight is 177 g/mol. The van der Waals surface area contributed by atoms with E-state index < -0.39 is 0 Å². The molecule has 1 atom stereocenters. The molecule has 70 valence electrons. The van der Waals surface area contributed by atoms with Crippen molar-refractivity contribution in [3.05, 3.63) is 29.6 Å². The molecule has 1 saturated heterocycles. The second kappa shape index (κ2) is 3.85. The van der Waals surface area contributed by atoms with Crippen molar-refractivity contribution in [1.82, 2.24) is 15.6 Å². The summed E-state index contributed by atoms with van der Waals surface area (Å²) < 4.78 is 0. The van der Waals surface area contributed by atoms with Crippen LogP contribution in [-0.4, -0.2) is 24.6 Å². The second-order valence-electron chi connectivity index (χ2n) is 3.42. The van der Waals surface area contributed by atoms with Gasteiger partial charge in [-0.25, -0.2) is 0 Å². The highest BCUT2D eigenvalue weighted by Gasteiger charge is 2.16. The quantitative estimate of drug-likeness (QED) is 0.660. The molecule has 1 fully saturated rings. The van der Waals surface area contributed by atoms with Gasteiger partial charge in [0.25, 0.3) is 0 Å². The van der Waals surface area contributed by atoms with Crippen LogP contribution in [0.1, 0.15) is 17.3 Å². The Hall–Kier alpha value is -0.930. The minimum Gasteiger partial charge on any atom is -0.314 e. The Bertz CT molecular complexity index is 279. The van der Waals surface area contributed by atoms with Gasteiger partial charge in [0.15, 0.2) is 0 Å². The number of hydrogen-bond acceptors (Lipinski definition) is 3. The SMILES string of the molecule is Cc1cccnc1C1CNCCN1. The monoisotopic (exact) mass is 177 g/mol. The number of nitrogens with zero attached hydrogens (tertiary/aromatic N) is 1. The van der Waals surface area contributed by atoms with Gasteiger partial charge in [0, 0.05) is 25.8 Å². The number of aromatic nitrogens is 1. The van der Waals surface area contributed by atoms with E-state index in [9.17, 15) is 0 Å². The van der Waals surface area contributed by atoms with Crippen LogP contribution in [0.25, 0.3) is 0 Å². The first-order valence-electron chi connectivity index (χ1n) is 4.73. The van der Waals surface area contributed by atoms with Crippen LogP contribution >= 0.6 is 0 Å². The molecule has 1 aromatic heterocycles. The third-order valence-corrected chi connectivity index (χ3v) is 2.42. The Labute approximate surface area is 78.6 Å². The van der Waals surface area contributed by atoms with E-state index in [0.717, 1.165) is 19.6 Å². The van der Waals surface area contributed by atoms with Crippen LogP contribution in [0.3, 0.4) is 0 Å². The molecule has 0 bridgehead atoms. The second-order valence-corrected chi connectivity index (χ2v) is 3.42. The van der Waals surface area contributed by atoms with Gasteiger partial charge >= 0.3 is 0 Å². The molecule has 2 rings (SSSR count). The smallest absolute Gasteiger partial charge is 0.0624 e. The van der Waals surface area contributed by atoms with Crippen molar-refractivity contribution in [3.63, 3.8) is 0 Å². The zero-order valence-corrected chi connectivity index (χ0v) is 7.88. The number of piperazine rings is 1. The van der Waals surface area contributed by atoms with Crippen LogP contribution in [0.15, 0.2) is 18.3 Å². The zero-order chi connectivity index (χ0) is 9.10. The predicted molar refractivity (Wildman–Crippen MR) is 52.6 cm³/mol. The van der Waals surface area contributed by atoms with Crippen molar-refractivity contribution >= 4 is 0 Å². The molecule has 0 spiro atoms. The molecule has 2 N–H and O–H groups in total. The van der Waals surface area contributed by atoms with Crippen LogP contribution < -0.4 is 10.6 Å². The van der Waals surface area contributed by atoms with E-state index in [1.165, 1.54) is 11.3 Å². The maximum absolute atomic E-state index is 4.40. The standard InChI is InChI=1S/C10H15N3/c1-8-3-2-4-13-10(8)9-7-11-5-6-12-9/h2-4,9,11-12H,5-7H2,1H3. The van der Waals surface area contributed by atoms with Gasteiger partial charge in [0.05, 0.1) is 11.7 Å². The van der Waals surface area contributed by atoms with Gasteiger partial charge < -0.3 is 10.6 Å². The van der Waals surface area contributed by atoms with Gasteiger partial charge in [0.2, 0.25) is 0 Å². The summed E-state index contributed by atoms with van der Waals surface area (Å²) in [5.41, 5.74) is 2.44. The number of pyridine rings is 1. The Morgan fingerprint density at radius 3 is 3.08 bits per heavy atom. The summed E-state index contributed by atoms with van der Waals surface area (Å²) >= 11 is 0. The molecular formula is C10H15N3. The Balaban J connectivity index is 2.18. The molecule has 0 aromatic carbocycles. The van der Waals surface area contributed by atoms with Gasteiger partial charge in [0.1, 0.15) is 0 Å². The third-order valence-electron chi connectivity index (χ3n) is 2.42. The largest absolute Gasteiger partial charge is 0.314 e. The number of aryl methyl sites for hydroxylation is 1. The third kappa shape index (κ3) is 1.87. The topological polar surface area (TPSA) is 37.0 Å². The highest BCUT2D eigenvalue weighted by Crippen LogP contribution is 2.14. The summed E-state index contributed by atoms with van der Waals surface area (Å²) in [6, 6.07) is 4.48. The van der Waals surface area contributed by atoms with E-state index in [1.54, 1.807) is 0 Å². The van der Waals surface area contributed by atoms with E-state index >= 15 is 0 Å². The minimum atomic E-state index is 0.384.